The fourth-order valence-corrected chi connectivity index (χ4v) is 2.49. The van der Waals surface area contributed by atoms with Gasteiger partial charge in [0, 0.05) is 5.69 Å². The van der Waals surface area contributed by atoms with Gasteiger partial charge in [0.05, 0.1) is 11.4 Å². The van der Waals surface area contributed by atoms with E-state index in [1.165, 1.54) is 5.56 Å². The molecular weight excluding hydrogens is 276 g/mol. The Balaban J connectivity index is 2.02. The second-order valence-electron chi connectivity index (χ2n) is 5.65. The first kappa shape index (κ1) is 16.0. The van der Waals surface area contributed by atoms with Gasteiger partial charge in [0.1, 0.15) is 5.75 Å². The number of ether oxygens (including phenoxy) is 1. The molecule has 0 bridgehead atoms. The van der Waals surface area contributed by atoms with Gasteiger partial charge in [0.25, 0.3) is 5.91 Å². The summed E-state index contributed by atoms with van der Waals surface area (Å²) in [5.41, 5.74) is 5.73. The second kappa shape index (κ2) is 6.60. The summed E-state index contributed by atoms with van der Waals surface area (Å²) >= 11 is 0. The van der Waals surface area contributed by atoms with Crippen molar-refractivity contribution in [1.82, 2.24) is 4.98 Å². The molecule has 0 saturated carbocycles. The molecule has 1 aromatic heterocycles. The Bertz CT molecular complexity index is 685. The predicted octanol–water partition coefficient (Wildman–Crippen LogP) is 3.64. The highest BCUT2D eigenvalue weighted by Gasteiger charge is 2.10. The lowest BCUT2D eigenvalue weighted by Gasteiger charge is -2.13. The number of aryl methyl sites for hydroxylation is 5. The zero-order valence-corrected chi connectivity index (χ0v) is 13.8. The second-order valence-corrected chi connectivity index (χ2v) is 5.65. The number of pyridine rings is 1. The van der Waals surface area contributed by atoms with Gasteiger partial charge >= 0.3 is 0 Å². The Morgan fingerprint density at radius 3 is 2.45 bits per heavy atom. The van der Waals surface area contributed by atoms with E-state index in [-0.39, 0.29) is 12.5 Å². The number of carbonyl (C=O) groups excluding carboxylic acids is 1. The SMILES string of the molecule is Cc1ccc(OCC(=O)Nc2c(C)cc(C)nc2C)c(C)c1. The zero-order chi connectivity index (χ0) is 16.3. The van der Waals surface area contributed by atoms with Crippen molar-refractivity contribution in [3.05, 3.63) is 52.3 Å². The number of hydrogen-bond acceptors (Lipinski definition) is 3. The number of benzene rings is 1. The first-order valence-electron chi connectivity index (χ1n) is 7.31. The molecule has 0 fully saturated rings. The standard InChI is InChI=1S/C18H22N2O2/c1-11-6-7-16(12(2)8-11)22-10-17(21)20-18-13(3)9-14(4)19-15(18)5/h6-9H,10H2,1-5H3,(H,20,21). The van der Waals surface area contributed by atoms with Gasteiger partial charge in [-0.25, -0.2) is 0 Å². The van der Waals surface area contributed by atoms with Crippen LogP contribution in [0.5, 0.6) is 5.75 Å². The monoisotopic (exact) mass is 298 g/mol. The Morgan fingerprint density at radius 2 is 1.82 bits per heavy atom. The molecule has 0 aliphatic carbocycles. The summed E-state index contributed by atoms with van der Waals surface area (Å²) in [6.07, 6.45) is 0. The summed E-state index contributed by atoms with van der Waals surface area (Å²) in [6, 6.07) is 7.85. The van der Waals surface area contributed by atoms with Gasteiger partial charge in [-0.1, -0.05) is 17.7 Å². The van der Waals surface area contributed by atoms with Crippen LogP contribution in [0.2, 0.25) is 0 Å². The van der Waals surface area contributed by atoms with Crippen LogP contribution in [0.1, 0.15) is 28.1 Å². The number of nitrogens with zero attached hydrogens (tertiary/aromatic N) is 1. The number of hydrogen-bond donors (Lipinski definition) is 1. The molecule has 2 aromatic rings. The van der Waals surface area contributed by atoms with Crippen LogP contribution in [0.4, 0.5) is 5.69 Å². The maximum absolute atomic E-state index is 12.1. The van der Waals surface area contributed by atoms with Crippen LogP contribution in [0, 0.1) is 34.6 Å². The van der Waals surface area contributed by atoms with Crippen LogP contribution in [-0.4, -0.2) is 17.5 Å². The summed E-state index contributed by atoms with van der Waals surface area (Å²) in [4.78, 5) is 16.5. The van der Waals surface area contributed by atoms with Crippen LogP contribution < -0.4 is 10.1 Å². The number of rotatable bonds is 4. The fraction of sp³-hybridized carbons (Fsp3) is 0.333. The van der Waals surface area contributed by atoms with Crippen molar-refractivity contribution in [2.24, 2.45) is 0 Å². The molecule has 0 unspecified atom stereocenters. The lowest BCUT2D eigenvalue weighted by molar-refractivity contribution is -0.118. The average Bonchev–Trinajstić information content (AvgIpc) is 2.42. The Morgan fingerprint density at radius 1 is 1.09 bits per heavy atom. The maximum Gasteiger partial charge on any atom is 0.262 e. The summed E-state index contributed by atoms with van der Waals surface area (Å²) in [5.74, 6) is 0.549. The van der Waals surface area contributed by atoms with E-state index in [4.69, 9.17) is 4.74 Å². The first-order valence-corrected chi connectivity index (χ1v) is 7.31. The van der Waals surface area contributed by atoms with Crippen molar-refractivity contribution < 1.29 is 9.53 Å². The van der Waals surface area contributed by atoms with Gasteiger partial charge in [-0.3, -0.25) is 9.78 Å². The molecule has 1 amide bonds. The summed E-state index contributed by atoms with van der Waals surface area (Å²) in [7, 11) is 0. The van der Waals surface area contributed by atoms with Crippen LogP contribution in [-0.2, 0) is 4.79 Å². The van der Waals surface area contributed by atoms with Gasteiger partial charge in [-0.05, 0) is 57.9 Å². The largest absolute Gasteiger partial charge is 0.483 e. The Kier molecular flexibility index (Phi) is 4.81. The van der Waals surface area contributed by atoms with Crippen molar-refractivity contribution >= 4 is 11.6 Å². The highest BCUT2D eigenvalue weighted by molar-refractivity contribution is 5.93. The van der Waals surface area contributed by atoms with E-state index in [1.54, 1.807) is 0 Å². The molecule has 116 valence electrons. The number of nitrogens with one attached hydrogen (secondary N) is 1. The predicted molar refractivity (Wildman–Crippen MR) is 88.5 cm³/mol. The Labute approximate surface area is 131 Å². The van der Waals surface area contributed by atoms with E-state index in [2.05, 4.69) is 10.3 Å². The number of amides is 1. The van der Waals surface area contributed by atoms with Gasteiger partial charge in [0.15, 0.2) is 6.61 Å². The van der Waals surface area contributed by atoms with Crippen LogP contribution >= 0.6 is 0 Å². The third kappa shape index (κ3) is 3.85. The van der Waals surface area contributed by atoms with E-state index >= 15 is 0 Å². The van der Waals surface area contributed by atoms with Gasteiger partial charge < -0.3 is 10.1 Å². The number of aromatic nitrogens is 1. The molecule has 22 heavy (non-hydrogen) atoms. The molecule has 0 saturated heterocycles. The molecule has 0 radical (unpaired) electrons. The topological polar surface area (TPSA) is 51.2 Å². The minimum atomic E-state index is -0.183. The van der Waals surface area contributed by atoms with Crippen molar-refractivity contribution in [3.8, 4) is 5.75 Å². The lowest BCUT2D eigenvalue weighted by atomic mass is 10.1. The van der Waals surface area contributed by atoms with E-state index in [0.717, 1.165) is 34.0 Å². The highest BCUT2D eigenvalue weighted by atomic mass is 16.5. The molecular formula is C18H22N2O2. The van der Waals surface area contributed by atoms with Crippen LogP contribution in [0.25, 0.3) is 0 Å². The summed E-state index contributed by atoms with van der Waals surface area (Å²) in [6.45, 7) is 9.77. The minimum absolute atomic E-state index is 0.0172. The molecule has 4 nitrogen and oxygen atoms in total. The Hall–Kier alpha value is -2.36. The molecule has 0 aliphatic heterocycles. The van der Waals surface area contributed by atoms with Crippen molar-refractivity contribution in [3.63, 3.8) is 0 Å². The van der Waals surface area contributed by atoms with Crippen LogP contribution in [0.3, 0.4) is 0 Å². The molecule has 1 aromatic carbocycles. The average molecular weight is 298 g/mol. The quantitative estimate of drug-likeness (QED) is 0.937. The number of anilines is 1. The molecule has 1 N–H and O–H groups in total. The van der Waals surface area contributed by atoms with Crippen molar-refractivity contribution in [2.75, 3.05) is 11.9 Å². The van der Waals surface area contributed by atoms with E-state index in [0.29, 0.717) is 0 Å². The smallest absolute Gasteiger partial charge is 0.262 e. The maximum atomic E-state index is 12.1. The molecule has 4 heteroatoms. The van der Waals surface area contributed by atoms with E-state index < -0.39 is 0 Å². The van der Waals surface area contributed by atoms with Gasteiger partial charge in [-0.15, -0.1) is 0 Å². The highest BCUT2D eigenvalue weighted by Crippen LogP contribution is 2.20. The third-order valence-corrected chi connectivity index (χ3v) is 3.48. The van der Waals surface area contributed by atoms with E-state index in [9.17, 15) is 4.79 Å². The first-order chi connectivity index (χ1) is 10.4. The van der Waals surface area contributed by atoms with Gasteiger partial charge in [0.2, 0.25) is 0 Å². The molecule has 1 heterocycles. The summed E-state index contributed by atoms with van der Waals surface area (Å²) in [5, 5.41) is 2.88. The minimum Gasteiger partial charge on any atom is -0.483 e. The zero-order valence-electron chi connectivity index (χ0n) is 13.8. The third-order valence-electron chi connectivity index (χ3n) is 3.48. The molecule has 0 spiro atoms. The normalized spacial score (nSPS) is 10.4. The number of carbonyl (C=O) groups is 1. The van der Waals surface area contributed by atoms with Crippen LogP contribution in [0.15, 0.2) is 24.3 Å². The molecule has 2 rings (SSSR count). The van der Waals surface area contributed by atoms with Crippen molar-refractivity contribution in [1.29, 1.82) is 0 Å². The molecule has 0 atom stereocenters. The summed E-state index contributed by atoms with van der Waals surface area (Å²) < 4.78 is 5.60. The van der Waals surface area contributed by atoms with E-state index in [1.807, 2.05) is 58.9 Å². The fourth-order valence-electron chi connectivity index (χ4n) is 2.49. The lowest BCUT2D eigenvalue weighted by Crippen LogP contribution is -2.21. The van der Waals surface area contributed by atoms with Gasteiger partial charge in [-0.2, -0.15) is 0 Å². The molecule has 0 aliphatic rings. The van der Waals surface area contributed by atoms with Crippen molar-refractivity contribution in [2.45, 2.75) is 34.6 Å².